The summed E-state index contributed by atoms with van der Waals surface area (Å²) in [4.78, 5) is 17.6. The lowest BCUT2D eigenvalue weighted by molar-refractivity contribution is 0.0950. The smallest absolute Gasteiger partial charge is 0.263 e. The van der Waals surface area contributed by atoms with Crippen molar-refractivity contribution in [2.45, 2.75) is 20.3 Å². The molecule has 0 radical (unpaired) electrons. The number of aryl methyl sites for hydroxylation is 2. The molecule has 3 aromatic rings. The van der Waals surface area contributed by atoms with E-state index in [0.29, 0.717) is 18.0 Å². The third-order valence-electron chi connectivity index (χ3n) is 4.01. The van der Waals surface area contributed by atoms with E-state index in [0.717, 1.165) is 28.4 Å². The Bertz CT molecular complexity index is 857. The van der Waals surface area contributed by atoms with Crippen molar-refractivity contribution < 1.29 is 9.53 Å². The Kier molecular flexibility index (Phi) is 6.02. The summed E-state index contributed by atoms with van der Waals surface area (Å²) in [6.07, 6.45) is 1.01. The molecule has 1 amide bonds. The quantitative estimate of drug-likeness (QED) is 0.627. The van der Waals surface area contributed by atoms with E-state index in [2.05, 4.69) is 41.5 Å². The Morgan fingerprint density at radius 1 is 1.12 bits per heavy atom. The Morgan fingerprint density at radius 2 is 1.85 bits per heavy atom. The van der Waals surface area contributed by atoms with Crippen molar-refractivity contribution in [2.75, 3.05) is 13.2 Å². The maximum absolute atomic E-state index is 12.4. The highest BCUT2D eigenvalue weighted by Gasteiger charge is 2.15. The SMILES string of the molecule is CCc1ccc(-c2nc(C)c(C(=O)NCCOc3ccccc3)s2)cc1. The zero-order valence-electron chi connectivity index (χ0n) is 15.0. The predicted octanol–water partition coefficient (Wildman–Crippen LogP) is 4.49. The van der Waals surface area contributed by atoms with E-state index in [1.54, 1.807) is 0 Å². The maximum atomic E-state index is 12.4. The number of carbonyl (C=O) groups excluding carboxylic acids is 1. The van der Waals surface area contributed by atoms with Gasteiger partial charge < -0.3 is 10.1 Å². The van der Waals surface area contributed by atoms with E-state index in [-0.39, 0.29) is 5.91 Å². The highest BCUT2D eigenvalue weighted by Crippen LogP contribution is 2.28. The molecule has 0 saturated carbocycles. The standard InChI is InChI=1S/C21H22N2O2S/c1-3-16-9-11-17(12-10-16)21-23-15(2)19(26-21)20(24)22-13-14-25-18-7-5-4-6-8-18/h4-12H,3,13-14H2,1-2H3,(H,22,24). The molecule has 0 atom stereocenters. The summed E-state index contributed by atoms with van der Waals surface area (Å²) in [6.45, 7) is 4.88. The predicted molar refractivity (Wildman–Crippen MR) is 106 cm³/mol. The van der Waals surface area contributed by atoms with E-state index in [1.807, 2.05) is 37.3 Å². The van der Waals surface area contributed by atoms with Crippen LogP contribution in [0, 0.1) is 6.92 Å². The molecule has 2 aromatic carbocycles. The molecule has 0 spiro atoms. The summed E-state index contributed by atoms with van der Waals surface area (Å²) < 4.78 is 5.59. The molecular weight excluding hydrogens is 344 g/mol. The highest BCUT2D eigenvalue weighted by molar-refractivity contribution is 7.17. The Labute approximate surface area is 157 Å². The third-order valence-corrected chi connectivity index (χ3v) is 5.22. The molecule has 3 rings (SSSR count). The average molecular weight is 366 g/mol. The van der Waals surface area contributed by atoms with Crippen molar-refractivity contribution in [1.82, 2.24) is 10.3 Å². The third kappa shape index (κ3) is 4.49. The van der Waals surface area contributed by atoms with Gasteiger partial charge in [-0.1, -0.05) is 49.4 Å². The molecule has 134 valence electrons. The molecule has 0 aliphatic carbocycles. The van der Waals surface area contributed by atoms with Gasteiger partial charge in [-0.15, -0.1) is 11.3 Å². The summed E-state index contributed by atoms with van der Waals surface area (Å²) >= 11 is 1.42. The fourth-order valence-corrected chi connectivity index (χ4v) is 3.53. The van der Waals surface area contributed by atoms with Gasteiger partial charge in [0.05, 0.1) is 12.2 Å². The molecule has 26 heavy (non-hydrogen) atoms. The molecule has 0 fully saturated rings. The van der Waals surface area contributed by atoms with Crippen LogP contribution >= 0.6 is 11.3 Å². The van der Waals surface area contributed by atoms with E-state index in [1.165, 1.54) is 16.9 Å². The lowest BCUT2D eigenvalue weighted by Crippen LogP contribution is -2.27. The molecule has 5 heteroatoms. The first kappa shape index (κ1) is 18.1. The summed E-state index contributed by atoms with van der Waals surface area (Å²) in [5.41, 5.74) is 3.09. The van der Waals surface area contributed by atoms with Crippen molar-refractivity contribution in [3.8, 4) is 16.3 Å². The van der Waals surface area contributed by atoms with Crippen LogP contribution in [0.15, 0.2) is 54.6 Å². The second kappa shape index (κ2) is 8.63. The second-order valence-electron chi connectivity index (χ2n) is 5.90. The van der Waals surface area contributed by atoms with Gasteiger partial charge in [0, 0.05) is 5.56 Å². The van der Waals surface area contributed by atoms with E-state index in [4.69, 9.17) is 4.74 Å². The summed E-state index contributed by atoms with van der Waals surface area (Å²) in [6, 6.07) is 17.9. The lowest BCUT2D eigenvalue weighted by Gasteiger charge is -2.07. The first-order valence-electron chi connectivity index (χ1n) is 8.70. The minimum atomic E-state index is -0.104. The van der Waals surface area contributed by atoms with Crippen molar-refractivity contribution in [1.29, 1.82) is 0 Å². The van der Waals surface area contributed by atoms with Gasteiger partial charge in [0.25, 0.3) is 5.91 Å². The second-order valence-corrected chi connectivity index (χ2v) is 6.90. The van der Waals surface area contributed by atoms with Crippen molar-refractivity contribution >= 4 is 17.2 Å². The molecule has 0 aliphatic rings. The number of aromatic nitrogens is 1. The molecule has 0 unspecified atom stereocenters. The first-order chi connectivity index (χ1) is 12.7. The molecule has 0 aliphatic heterocycles. The normalized spacial score (nSPS) is 10.5. The largest absolute Gasteiger partial charge is 0.492 e. The number of benzene rings is 2. The number of hydrogen-bond donors (Lipinski definition) is 1. The Morgan fingerprint density at radius 3 is 2.54 bits per heavy atom. The van der Waals surface area contributed by atoms with Crippen LogP contribution < -0.4 is 10.1 Å². The number of hydrogen-bond acceptors (Lipinski definition) is 4. The van der Waals surface area contributed by atoms with Gasteiger partial charge in [0.15, 0.2) is 0 Å². The van der Waals surface area contributed by atoms with Gasteiger partial charge in [-0.2, -0.15) is 0 Å². The molecule has 0 saturated heterocycles. The van der Waals surface area contributed by atoms with Crippen molar-refractivity contribution in [2.24, 2.45) is 0 Å². The number of rotatable bonds is 7. The van der Waals surface area contributed by atoms with Gasteiger partial charge in [0.1, 0.15) is 22.2 Å². The number of nitrogens with one attached hydrogen (secondary N) is 1. The number of ether oxygens (including phenoxy) is 1. The van der Waals surface area contributed by atoms with Gasteiger partial charge in [0.2, 0.25) is 0 Å². The zero-order chi connectivity index (χ0) is 18.4. The monoisotopic (exact) mass is 366 g/mol. The van der Waals surface area contributed by atoms with Crippen LogP contribution in [0.4, 0.5) is 0 Å². The lowest BCUT2D eigenvalue weighted by atomic mass is 10.1. The summed E-state index contributed by atoms with van der Waals surface area (Å²) in [5.74, 6) is 0.696. The number of carbonyl (C=O) groups is 1. The van der Waals surface area contributed by atoms with Gasteiger partial charge in [-0.3, -0.25) is 4.79 Å². The fourth-order valence-electron chi connectivity index (χ4n) is 2.54. The van der Waals surface area contributed by atoms with Gasteiger partial charge >= 0.3 is 0 Å². The minimum absolute atomic E-state index is 0.104. The van der Waals surface area contributed by atoms with Crippen LogP contribution in [0.3, 0.4) is 0 Å². The van der Waals surface area contributed by atoms with E-state index in [9.17, 15) is 4.79 Å². The molecular formula is C21H22N2O2S. The topological polar surface area (TPSA) is 51.2 Å². The summed E-state index contributed by atoms with van der Waals surface area (Å²) in [5, 5.41) is 3.77. The van der Waals surface area contributed by atoms with Crippen LogP contribution in [0.25, 0.3) is 10.6 Å². The van der Waals surface area contributed by atoms with Crippen LogP contribution in [-0.2, 0) is 6.42 Å². The van der Waals surface area contributed by atoms with Crippen molar-refractivity contribution in [3.63, 3.8) is 0 Å². The minimum Gasteiger partial charge on any atom is -0.492 e. The van der Waals surface area contributed by atoms with Crippen LogP contribution in [0.2, 0.25) is 0 Å². The molecule has 1 heterocycles. The van der Waals surface area contributed by atoms with Gasteiger partial charge in [-0.05, 0) is 31.0 Å². The molecule has 1 aromatic heterocycles. The maximum Gasteiger partial charge on any atom is 0.263 e. The number of para-hydroxylation sites is 1. The van der Waals surface area contributed by atoms with E-state index >= 15 is 0 Å². The molecule has 0 bridgehead atoms. The molecule has 1 N–H and O–H groups in total. The van der Waals surface area contributed by atoms with Crippen LogP contribution in [0.5, 0.6) is 5.75 Å². The Balaban J connectivity index is 1.58. The summed E-state index contributed by atoms with van der Waals surface area (Å²) in [7, 11) is 0. The first-order valence-corrected chi connectivity index (χ1v) is 9.52. The Hall–Kier alpha value is -2.66. The molecule has 4 nitrogen and oxygen atoms in total. The zero-order valence-corrected chi connectivity index (χ0v) is 15.8. The number of nitrogens with zero attached hydrogens (tertiary/aromatic N) is 1. The van der Waals surface area contributed by atoms with E-state index < -0.39 is 0 Å². The number of thiazole rings is 1. The van der Waals surface area contributed by atoms with Crippen LogP contribution in [0.1, 0.15) is 27.9 Å². The van der Waals surface area contributed by atoms with Crippen molar-refractivity contribution in [3.05, 3.63) is 70.7 Å². The average Bonchev–Trinajstić information content (AvgIpc) is 3.08. The fraction of sp³-hybridized carbons (Fsp3) is 0.238. The van der Waals surface area contributed by atoms with Crippen LogP contribution in [-0.4, -0.2) is 24.0 Å². The number of amides is 1. The highest BCUT2D eigenvalue weighted by atomic mass is 32.1. The van der Waals surface area contributed by atoms with Gasteiger partial charge in [-0.25, -0.2) is 4.98 Å².